The Bertz CT molecular complexity index is 585. The van der Waals surface area contributed by atoms with Crippen LogP contribution >= 0.6 is 0 Å². The summed E-state index contributed by atoms with van der Waals surface area (Å²) in [5, 5.41) is 10.1. The fourth-order valence-electron chi connectivity index (χ4n) is 1.51. The van der Waals surface area contributed by atoms with Crippen molar-refractivity contribution in [2.24, 2.45) is 0 Å². The summed E-state index contributed by atoms with van der Waals surface area (Å²) in [5.41, 5.74) is 0.405. The number of carbonyl (C=O) groups is 1. The predicted octanol–water partition coefficient (Wildman–Crippen LogP) is 2.57. The lowest BCUT2D eigenvalue weighted by Crippen LogP contribution is -2.24. The number of halogens is 1. The molecule has 0 aliphatic rings. The van der Waals surface area contributed by atoms with Crippen molar-refractivity contribution in [1.82, 2.24) is 15.4 Å². The first-order chi connectivity index (χ1) is 8.87. The first-order valence-corrected chi connectivity index (χ1v) is 5.77. The molecule has 0 saturated carbocycles. The Balaban J connectivity index is 2.32. The molecule has 0 spiro atoms. The minimum absolute atomic E-state index is 0.0848. The zero-order valence-corrected chi connectivity index (χ0v) is 10.9. The zero-order valence-electron chi connectivity index (χ0n) is 10.9. The number of nitrogens with one attached hydrogen (secondary N) is 1. The van der Waals surface area contributed by atoms with Gasteiger partial charge >= 0.3 is 5.97 Å². The van der Waals surface area contributed by atoms with Gasteiger partial charge in [0.05, 0.1) is 0 Å². The van der Waals surface area contributed by atoms with E-state index in [2.05, 4.69) is 15.4 Å². The lowest BCUT2D eigenvalue weighted by atomic mass is 10.1. The molecular weight excluding hydrogens is 249 g/mol. The van der Waals surface area contributed by atoms with Crippen LogP contribution in [0.25, 0.3) is 11.3 Å². The lowest BCUT2D eigenvalue weighted by molar-refractivity contribution is 0.00637. The number of carbonyl (C=O) groups excluding carboxylic acids is 1. The van der Waals surface area contributed by atoms with Crippen molar-refractivity contribution in [2.75, 3.05) is 0 Å². The van der Waals surface area contributed by atoms with Crippen LogP contribution in [0.3, 0.4) is 0 Å². The van der Waals surface area contributed by atoms with E-state index in [1.54, 1.807) is 20.8 Å². The highest BCUT2D eigenvalue weighted by Gasteiger charge is 2.24. The Morgan fingerprint density at radius 1 is 1.21 bits per heavy atom. The topological polar surface area (TPSA) is 67.9 Å². The minimum Gasteiger partial charge on any atom is -0.455 e. The normalized spacial score (nSPS) is 11.4. The number of ether oxygens (including phenoxy) is 1. The van der Waals surface area contributed by atoms with Gasteiger partial charge in [-0.3, -0.25) is 0 Å². The molecule has 0 saturated heterocycles. The Labute approximate surface area is 109 Å². The van der Waals surface area contributed by atoms with Crippen LogP contribution in [-0.4, -0.2) is 27.0 Å². The molecule has 6 heteroatoms. The number of hydrogen-bond acceptors (Lipinski definition) is 4. The van der Waals surface area contributed by atoms with Gasteiger partial charge in [0.15, 0.2) is 5.69 Å². The molecule has 1 heterocycles. The number of aromatic amines is 1. The summed E-state index contributed by atoms with van der Waals surface area (Å²) in [7, 11) is 0. The second-order valence-electron chi connectivity index (χ2n) is 5.03. The Hall–Kier alpha value is -2.24. The highest BCUT2D eigenvalue weighted by molar-refractivity contribution is 5.94. The molecule has 0 amide bonds. The molecule has 0 aliphatic carbocycles. The van der Waals surface area contributed by atoms with Crippen LogP contribution in [0.15, 0.2) is 24.3 Å². The van der Waals surface area contributed by atoms with Crippen molar-refractivity contribution in [2.45, 2.75) is 26.4 Å². The smallest absolute Gasteiger partial charge is 0.361 e. The molecule has 0 radical (unpaired) electrons. The van der Waals surface area contributed by atoms with Crippen LogP contribution in [0.2, 0.25) is 0 Å². The number of hydrogen-bond donors (Lipinski definition) is 1. The first kappa shape index (κ1) is 13.2. The molecule has 2 rings (SSSR count). The second-order valence-corrected chi connectivity index (χ2v) is 5.03. The van der Waals surface area contributed by atoms with Crippen LogP contribution in [-0.2, 0) is 4.74 Å². The summed E-state index contributed by atoms with van der Waals surface area (Å²) >= 11 is 0. The van der Waals surface area contributed by atoms with E-state index in [4.69, 9.17) is 4.74 Å². The quantitative estimate of drug-likeness (QED) is 0.845. The average Bonchev–Trinajstić information content (AvgIpc) is 2.76. The molecule has 1 aromatic heterocycles. The standard InChI is InChI=1S/C13H14FN3O2/c1-13(2,3)19-12(18)11-10(15-17-16-11)8-4-6-9(14)7-5-8/h4-7H,1-3H3,(H,15,16,17). The van der Waals surface area contributed by atoms with Crippen LogP contribution in [0.1, 0.15) is 31.3 Å². The molecule has 100 valence electrons. The number of aromatic nitrogens is 3. The fourth-order valence-corrected chi connectivity index (χ4v) is 1.51. The molecular formula is C13H14FN3O2. The van der Waals surface area contributed by atoms with E-state index in [1.165, 1.54) is 24.3 Å². The largest absolute Gasteiger partial charge is 0.455 e. The van der Waals surface area contributed by atoms with Gasteiger partial charge in [0, 0.05) is 5.56 Å². The Kier molecular flexibility index (Phi) is 3.33. The van der Waals surface area contributed by atoms with Crippen LogP contribution in [0.4, 0.5) is 4.39 Å². The molecule has 0 aliphatic heterocycles. The molecule has 2 aromatic rings. The van der Waals surface area contributed by atoms with Crippen molar-refractivity contribution in [1.29, 1.82) is 0 Å². The Morgan fingerprint density at radius 2 is 1.84 bits per heavy atom. The van der Waals surface area contributed by atoms with E-state index in [9.17, 15) is 9.18 Å². The zero-order chi connectivity index (χ0) is 14.0. The maximum Gasteiger partial charge on any atom is 0.361 e. The van der Waals surface area contributed by atoms with Gasteiger partial charge in [-0.25, -0.2) is 9.18 Å². The lowest BCUT2D eigenvalue weighted by Gasteiger charge is -2.18. The minimum atomic E-state index is -0.615. The predicted molar refractivity (Wildman–Crippen MR) is 66.9 cm³/mol. The molecule has 0 bridgehead atoms. The van der Waals surface area contributed by atoms with Crippen molar-refractivity contribution in [3.05, 3.63) is 35.8 Å². The molecule has 0 atom stereocenters. The van der Waals surface area contributed by atoms with Gasteiger partial charge in [0.1, 0.15) is 17.1 Å². The van der Waals surface area contributed by atoms with E-state index in [1.807, 2.05) is 0 Å². The van der Waals surface area contributed by atoms with E-state index in [-0.39, 0.29) is 11.5 Å². The second kappa shape index (κ2) is 4.79. The fraction of sp³-hybridized carbons (Fsp3) is 0.308. The van der Waals surface area contributed by atoms with Gasteiger partial charge in [-0.1, -0.05) is 0 Å². The van der Waals surface area contributed by atoms with Gasteiger partial charge in [-0.15, -0.1) is 5.10 Å². The molecule has 5 nitrogen and oxygen atoms in total. The summed E-state index contributed by atoms with van der Waals surface area (Å²) in [6.45, 7) is 5.30. The van der Waals surface area contributed by atoms with Crippen molar-refractivity contribution >= 4 is 5.97 Å². The van der Waals surface area contributed by atoms with E-state index in [0.29, 0.717) is 11.3 Å². The maximum atomic E-state index is 12.9. The third-order valence-corrected chi connectivity index (χ3v) is 2.26. The van der Waals surface area contributed by atoms with Crippen LogP contribution in [0.5, 0.6) is 0 Å². The summed E-state index contributed by atoms with van der Waals surface area (Å²) in [4.78, 5) is 12.0. The highest BCUT2D eigenvalue weighted by Crippen LogP contribution is 2.22. The van der Waals surface area contributed by atoms with Crippen LogP contribution in [0, 0.1) is 5.82 Å². The molecule has 0 unspecified atom stereocenters. The Morgan fingerprint density at radius 3 is 2.42 bits per heavy atom. The van der Waals surface area contributed by atoms with E-state index in [0.717, 1.165) is 0 Å². The van der Waals surface area contributed by atoms with Gasteiger partial charge in [0.25, 0.3) is 0 Å². The number of rotatable bonds is 2. The number of esters is 1. The summed E-state index contributed by atoms with van der Waals surface area (Å²) < 4.78 is 18.1. The van der Waals surface area contributed by atoms with Gasteiger partial charge in [-0.2, -0.15) is 10.3 Å². The van der Waals surface area contributed by atoms with Gasteiger partial charge in [-0.05, 0) is 45.0 Å². The number of benzene rings is 1. The van der Waals surface area contributed by atoms with Crippen molar-refractivity contribution in [3.8, 4) is 11.3 Å². The first-order valence-electron chi connectivity index (χ1n) is 5.77. The molecule has 19 heavy (non-hydrogen) atoms. The third kappa shape index (κ3) is 3.15. The highest BCUT2D eigenvalue weighted by atomic mass is 19.1. The third-order valence-electron chi connectivity index (χ3n) is 2.26. The average molecular weight is 263 g/mol. The summed E-state index contributed by atoms with van der Waals surface area (Å²) in [5.74, 6) is -0.924. The summed E-state index contributed by atoms with van der Waals surface area (Å²) in [6.07, 6.45) is 0. The van der Waals surface area contributed by atoms with E-state index >= 15 is 0 Å². The SMILES string of the molecule is CC(C)(C)OC(=O)c1n[nH]nc1-c1ccc(F)cc1. The monoisotopic (exact) mass is 263 g/mol. The van der Waals surface area contributed by atoms with Crippen LogP contribution < -0.4 is 0 Å². The maximum absolute atomic E-state index is 12.9. The van der Waals surface area contributed by atoms with Crippen molar-refractivity contribution in [3.63, 3.8) is 0 Å². The van der Waals surface area contributed by atoms with Crippen molar-refractivity contribution < 1.29 is 13.9 Å². The summed E-state index contributed by atoms with van der Waals surface area (Å²) in [6, 6.07) is 5.65. The number of H-pyrrole nitrogens is 1. The van der Waals surface area contributed by atoms with E-state index < -0.39 is 11.6 Å². The number of nitrogens with zero attached hydrogens (tertiary/aromatic N) is 2. The van der Waals surface area contributed by atoms with Gasteiger partial charge in [0.2, 0.25) is 0 Å². The molecule has 1 N–H and O–H groups in total. The van der Waals surface area contributed by atoms with Gasteiger partial charge < -0.3 is 4.74 Å². The molecule has 1 aromatic carbocycles. The molecule has 0 fully saturated rings.